The van der Waals surface area contributed by atoms with Crippen molar-refractivity contribution in [2.75, 3.05) is 39.5 Å². The summed E-state index contributed by atoms with van der Waals surface area (Å²) in [6, 6.07) is -24.2. The molecule has 2 aliphatic rings. The van der Waals surface area contributed by atoms with Crippen molar-refractivity contribution in [1.29, 1.82) is 0 Å². The Morgan fingerprint density at radius 2 is 0.871 bits per heavy atom. The van der Waals surface area contributed by atoms with Gasteiger partial charge in [0.2, 0.25) is 100 Å². The van der Waals surface area contributed by atoms with E-state index in [9.17, 15) is 116 Å². The molecule has 2 saturated heterocycles. The topological polar surface area (TPSA) is 717 Å². The van der Waals surface area contributed by atoms with E-state index in [1.54, 1.807) is 111 Å². The number of esters is 1. The Morgan fingerprint density at radius 1 is 0.457 bits per heavy atom. The number of primary amides is 1. The molecule has 0 saturated carbocycles. The highest BCUT2D eigenvalue weighted by atomic mass is 16.5. The number of likely N-dealkylation sites (tertiary alicyclic amines) is 1. The number of unbranched alkanes of at least 4 members (excludes halogenated alkanes) is 3. The van der Waals surface area contributed by atoms with Crippen LogP contribution in [0.25, 0.3) is 0 Å². The predicted octanol–water partition coefficient (Wildman–Crippen LogP) is -3.52. The normalized spacial score (nSPS) is 19.9. The van der Waals surface area contributed by atoms with Crippen LogP contribution in [0.5, 0.6) is 0 Å². The van der Waals surface area contributed by atoms with Crippen LogP contribution in [0.1, 0.15) is 254 Å². The number of aliphatic hydroxyl groups is 4. The van der Waals surface area contributed by atoms with Gasteiger partial charge in [0.1, 0.15) is 114 Å². The Labute approximate surface area is 821 Å². The molecule has 2 heterocycles. The van der Waals surface area contributed by atoms with Crippen molar-refractivity contribution >= 4 is 118 Å². The van der Waals surface area contributed by atoms with Gasteiger partial charge < -0.3 is 138 Å². The van der Waals surface area contributed by atoms with Gasteiger partial charge in [0.05, 0.1) is 25.7 Å². The first-order valence-electron chi connectivity index (χ1n) is 48.9. The van der Waals surface area contributed by atoms with Gasteiger partial charge in [0.15, 0.2) is 0 Å². The summed E-state index contributed by atoms with van der Waals surface area (Å²) in [7, 11) is 0. The highest BCUT2D eigenvalue weighted by Crippen LogP contribution is 2.23. The number of hydrogen-bond acceptors (Lipinski definition) is 27. The fourth-order valence-electron chi connectivity index (χ4n) is 15.4. The number of nitrogens with zero attached hydrogens (tertiary/aromatic N) is 1. The summed E-state index contributed by atoms with van der Waals surface area (Å²) in [6.07, 6.45) is 1.95. The lowest BCUT2D eigenvalue weighted by atomic mass is 9.97. The third kappa shape index (κ3) is 43.0. The van der Waals surface area contributed by atoms with E-state index >= 15 is 0 Å². The van der Waals surface area contributed by atoms with E-state index in [0.29, 0.717) is 25.7 Å². The SMILES string of the molecule is C/C=C(\NC(=O)[C@H](NC(=O)[C@H](CC(C)C)NC(=O)[C@@H](CCC(N)=O)NC(=O)[C@@H](NC(=O)[C@H](NC(=O)[C@@H](CC(C)C)NC(=O)[C@@H](CO)NC(=O)[C@H](NC(=O)[C@H](CC(C)C)NC(=O)[C@H](CO)NC(=O)[C@H]1CCCN1C(=O)/C(=C/C)NC(=O)CC(O)CCCCC)C(C)C)C(C)C)C(C)C)C(C)C)C(=O)N[C@H]1C(=O)N[C@@H](CC(C)C)C(=O)N[C@@H](CCO)C(=O)N[C@H](CCN)C(=O)N[C@@H](CCCCN)C(=O)O[C@@H]1C. The minimum absolute atomic E-state index is 0.0437. The number of allylic oxidation sites excluding steroid dienone is 2. The summed E-state index contributed by atoms with van der Waals surface area (Å²) < 4.78 is 5.83. The summed E-state index contributed by atoms with van der Waals surface area (Å²) in [5.41, 5.74) is 16.5. The van der Waals surface area contributed by atoms with Crippen molar-refractivity contribution in [2.24, 2.45) is 64.5 Å². The largest absolute Gasteiger partial charge is 0.458 e. The van der Waals surface area contributed by atoms with E-state index in [0.717, 1.165) is 18.9 Å². The van der Waals surface area contributed by atoms with Crippen molar-refractivity contribution in [3.05, 3.63) is 23.5 Å². The van der Waals surface area contributed by atoms with Gasteiger partial charge >= 0.3 is 5.97 Å². The number of cyclic esters (lactones) is 1. The molecule has 1 unspecified atom stereocenters. The first-order chi connectivity index (χ1) is 65.7. The first-order valence-corrected chi connectivity index (χ1v) is 48.9. The van der Waals surface area contributed by atoms with Crippen LogP contribution in [0.15, 0.2) is 23.5 Å². The van der Waals surface area contributed by atoms with Crippen LogP contribution in [0.3, 0.4) is 0 Å². The van der Waals surface area contributed by atoms with E-state index in [4.69, 9.17) is 21.9 Å². The molecule has 0 aromatic carbocycles. The summed E-state index contributed by atoms with van der Waals surface area (Å²) in [5.74, 6) is -23.3. The van der Waals surface area contributed by atoms with E-state index in [2.05, 4.69) is 90.4 Å². The highest BCUT2D eigenvalue weighted by Gasteiger charge is 2.44. The van der Waals surface area contributed by atoms with Crippen LogP contribution in [0.2, 0.25) is 0 Å². The summed E-state index contributed by atoms with van der Waals surface area (Å²) >= 11 is 0. The third-order valence-electron chi connectivity index (χ3n) is 23.3. The van der Waals surface area contributed by atoms with Crippen molar-refractivity contribution in [3.8, 4) is 0 Å². The van der Waals surface area contributed by atoms with Gasteiger partial charge in [0, 0.05) is 19.6 Å². The minimum atomic E-state index is -1.89. The molecule has 794 valence electrons. The predicted molar refractivity (Wildman–Crippen MR) is 516 cm³/mol. The quantitative estimate of drug-likeness (QED) is 0.0159. The molecular formula is C94H163N21O25. The van der Waals surface area contributed by atoms with Crippen molar-refractivity contribution < 1.29 is 121 Å². The Hall–Kier alpha value is -11.4. The number of aliphatic hydroxyl groups excluding tert-OH is 4. The zero-order valence-corrected chi connectivity index (χ0v) is 85.2. The number of amides is 19. The average Bonchev–Trinajstić information content (AvgIpc) is 1.68. The Bertz CT molecular complexity index is 4220. The number of hydrogen-bond donors (Lipinski definition) is 24. The molecule has 27 N–H and O–H groups in total. The van der Waals surface area contributed by atoms with Crippen LogP contribution >= 0.6 is 0 Å². The van der Waals surface area contributed by atoms with E-state index in [1.807, 2.05) is 6.92 Å². The van der Waals surface area contributed by atoms with Gasteiger partial charge in [-0.25, -0.2) is 4.79 Å². The highest BCUT2D eigenvalue weighted by molar-refractivity contribution is 6.05. The van der Waals surface area contributed by atoms with Crippen LogP contribution in [-0.4, -0.2) is 292 Å². The fourth-order valence-corrected chi connectivity index (χ4v) is 15.4. The van der Waals surface area contributed by atoms with E-state index in [1.165, 1.54) is 31.7 Å². The van der Waals surface area contributed by atoms with Crippen molar-refractivity contribution in [2.45, 2.75) is 363 Å². The van der Waals surface area contributed by atoms with Gasteiger partial charge in [-0.1, -0.05) is 149 Å². The molecule has 0 aliphatic carbocycles. The molecule has 0 aromatic rings. The Kier molecular flexibility index (Phi) is 56.5. The summed E-state index contributed by atoms with van der Waals surface area (Å²) in [6.45, 7) is 29.8. The summed E-state index contributed by atoms with van der Waals surface area (Å²) in [4.78, 5) is 284. The minimum Gasteiger partial charge on any atom is -0.458 e. The molecule has 0 bridgehead atoms. The third-order valence-corrected chi connectivity index (χ3v) is 23.3. The Balaban J connectivity index is 2.45. The molecule has 0 aromatic heterocycles. The van der Waals surface area contributed by atoms with Gasteiger partial charge in [-0.15, -0.1) is 0 Å². The van der Waals surface area contributed by atoms with Gasteiger partial charge in [-0.2, -0.15) is 0 Å². The second-order valence-corrected chi connectivity index (χ2v) is 38.8. The lowest BCUT2D eigenvalue weighted by Crippen LogP contribution is -2.62. The van der Waals surface area contributed by atoms with Gasteiger partial charge in [-0.05, 0) is 165 Å². The molecule has 0 spiro atoms. The van der Waals surface area contributed by atoms with Crippen LogP contribution < -0.4 is 108 Å². The molecule has 0 radical (unpaired) electrons. The first kappa shape index (κ1) is 125. The van der Waals surface area contributed by atoms with E-state index < -0.39 is 289 Å². The second-order valence-electron chi connectivity index (χ2n) is 38.8. The maximum absolute atomic E-state index is 14.7. The number of nitrogens with two attached hydrogens (primary N) is 3. The van der Waals surface area contributed by atoms with Crippen LogP contribution in [0, 0.1) is 47.3 Å². The lowest BCUT2D eigenvalue weighted by Gasteiger charge is -2.31. The van der Waals surface area contributed by atoms with Gasteiger partial charge in [0.25, 0.3) is 11.8 Å². The molecule has 18 atom stereocenters. The molecule has 2 aliphatic heterocycles. The second kappa shape index (κ2) is 63.4. The standard InChI is InChI=1S/C94H163N21O25/c1-21-24-25-29-56(119)44-71(121)98-58(23-3)93(138)115-38-28-31-69(115)87(132)108-67(45-117)85(130)105-65(42-49(8)9)83(128)111-73(52(14)15)90(135)109-68(46-118)86(131)106-66(43-50(10)11)84(129)112-75(54(18)19)91(136)113-74(53(16)17)89(134)102-59(32-33-70(97)120)78(123)104-64(41-48(6)7)82(127)110-72(51(12)13)88(133)99-57(22-2)77(122)114-76-55(20)140-94(139)62(30-26-27-36-95)103-79(124)60(34-37-96)100-80(125)61(35-39-116)101-81(126)63(40-47(4)5)107-92(76)137/h22-23,47-56,59-69,72-76,116-119H,21,24-46,95-96H2,1-20H3,(H2,97,120)(H,98,121)(H,99,133)(H,100,125)(H,101,126)(H,102,134)(H,103,124)(H,104,123)(H,105,130)(H,106,131)(H,107,137)(H,108,132)(H,109,135)(H,110,127)(H,111,128)(H,112,129)(H,113,136)(H,114,122)/b57-22-,58-23-/t55-,56?,59-,60-,61+,62+,63+,64+,65+,66-,67+,68-,69-,72-,73-,74+,75-,76-/m1/s1. The zero-order chi connectivity index (χ0) is 106. The maximum atomic E-state index is 14.7. The van der Waals surface area contributed by atoms with Crippen molar-refractivity contribution in [1.82, 2.24) is 95.3 Å². The molecule has 140 heavy (non-hydrogen) atoms. The van der Waals surface area contributed by atoms with Crippen LogP contribution in [-0.2, 0) is 101 Å². The average molecular weight is 1990 g/mol. The molecule has 19 amide bonds. The molecular weight excluding hydrogens is 1820 g/mol. The van der Waals surface area contributed by atoms with E-state index in [-0.39, 0.29) is 113 Å². The fraction of sp³-hybridized carbons (Fsp3) is 0.745. The number of ether oxygens (including phenoxy) is 1. The summed E-state index contributed by atoms with van der Waals surface area (Å²) in [5, 5.41) is 84.9. The maximum Gasteiger partial charge on any atom is 0.328 e. The molecule has 2 rings (SSSR count). The van der Waals surface area contributed by atoms with Crippen LogP contribution in [0.4, 0.5) is 0 Å². The lowest BCUT2D eigenvalue weighted by molar-refractivity contribution is -0.156. The monoisotopic (exact) mass is 1990 g/mol. The molecule has 46 nitrogen and oxygen atoms in total. The number of nitrogens with one attached hydrogen (secondary N) is 17. The zero-order valence-electron chi connectivity index (χ0n) is 85.2. The number of carbonyl (C=O) groups excluding carboxylic acids is 20. The van der Waals surface area contributed by atoms with Crippen molar-refractivity contribution in [3.63, 3.8) is 0 Å². The molecule has 2 fully saturated rings. The molecule has 46 heteroatoms. The Morgan fingerprint density at radius 3 is 1.30 bits per heavy atom. The number of carbonyl (C=O) groups is 20. The smallest absolute Gasteiger partial charge is 0.328 e. The van der Waals surface area contributed by atoms with Gasteiger partial charge in [-0.3, -0.25) is 91.1 Å². The number of rotatable bonds is 57.